The minimum atomic E-state index is -0.719. The molecular formula is C12H21N3O2. The summed E-state index contributed by atoms with van der Waals surface area (Å²) in [6.45, 7) is 7.32. The average Bonchev–Trinajstić information content (AvgIpc) is 2.67. The van der Waals surface area contributed by atoms with E-state index in [1.54, 1.807) is 12.7 Å². The van der Waals surface area contributed by atoms with E-state index in [9.17, 15) is 4.79 Å². The first-order chi connectivity index (χ1) is 7.89. The standard InChI is InChI=1S/C12H21N3O2/c1-12(2,3)10(4-5-11(16)17)6-7-15-8-13-14-9-15/h8-10H,4-7H2,1-3H3,(H,16,17). The number of aromatic nitrogens is 3. The highest BCUT2D eigenvalue weighted by Crippen LogP contribution is 2.32. The molecule has 0 spiro atoms. The van der Waals surface area contributed by atoms with Gasteiger partial charge in [-0.15, -0.1) is 10.2 Å². The second kappa shape index (κ2) is 5.80. The summed E-state index contributed by atoms with van der Waals surface area (Å²) in [5, 5.41) is 16.3. The highest BCUT2D eigenvalue weighted by Gasteiger charge is 2.24. The van der Waals surface area contributed by atoms with Crippen LogP contribution in [0.3, 0.4) is 0 Å². The minimum Gasteiger partial charge on any atom is -0.481 e. The summed E-state index contributed by atoms with van der Waals surface area (Å²) in [6.07, 6.45) is 5.30. The molecule has 1 N–H and O–H groups in total. The monoisotopic (exact) mass is 239 g/mol. The van der Waals surface area contributed by atoms with Gasteiger partial charge >= 0.3 is 5.97 Å². The maximum absolute atomic E-state index is 10.6. The molecule has 0 aromatic carbocycles. The van der Waals surface area contributed by atoms with E-state index in [2.05, 4.69) is 31.0 Å². The van der Waals surface area contributed by atoms with Gasteiger partial charge in [0.25, 0.3) is 0 Å². The van der Waals surface area contributed by atoms with Gasteiger partial charge in [0, 0.05) is 13.0 Å². The lowest BCUT2D eigenvalue weighted by Gasteiger charge is -2.30. The van der Waals surface area contributed by atoms with Gasteiger partial charge in [0.15, 0.2) is 0 Å². The van der Waals surface area contributed by atoms with E-state index in [4.69, 9.17) is 5.11 Å². The number of carboxylic acid groups (broad SMARTS) is 1. The van der Waals surface area contributed by atoms with Gasteiger partial charge in [0.1, 0.15) is 12.7 Å². The number of aryl methyl sites for hydroxylation is 1. The van der Waals surface area contributed by atoms with Gasteiger partial charge in [0.2, 0.25) is 0 Å². The number of aliphatic carboxylic acids is 1. The average molecular weight is 239 g/mol. The van der Waals surface area contributed by atoms with E-state index in [-0.39, 0.29) is 11.8 Å². The van der Waals surface area contributed by atoms with Crippen molar-refractivity contribution in [2.75, 3.05) is 0 Å². The lowest BCUT2D eigenvalue weighted by Crippen LogP contribution is -2.23. The fourth-order valence-electron chi connectivity index (χ4n) is 1.95. The van der Waals surface area contributed by atoms with Crippen molar-refractivity contribution in [3.63, 3.8) is 0 Å². The van der Waals surface area contributed by atoms with Gasteiger partial charge < -0.3 is 9.67 Å². The van der Waals surface area contributed by atoms with E-state index in [1.165, 1.54) is 0 Å². The van der Waals surface area contributed by atoms with Crippen LogP contribution in [0.4, 0.5) is 0 Å². The first-order valence-electron chi connectivity index (χ1n) is 5.94. The lowest BCUT2D eigenvalue weighted by atomic mass is 9.76. The van der Waals surface area contributed by atoms with Crippen LogP contribution >= 0.6 is 0 Å². The van der Waals surface area contributed by atoms with Crippen molar-refractivity contribution in [3.05, 3.63) is 12.7 Å². The molecule has 1 atom stereocenters. The van der Waals surface area contributed by atoms with Crippen molar-refractivity contribution in [2.45, 2.75) is 46.6 Å². The molecular weight excluding hydrogens is 218 g/mol. The van der Waals surface area contributed by atoms with Crippen molar-refractivity contribution < 1.29 is 9.90 Å². The zero-order chi connectivity index (χ0) is 12.9. The molecule has 0 aliphatic carbocycles. The molecule has 1 heterocycles. The Kier molecular flexibility index (Phi) is 4.66. The molecule has 1 aromatic rings. The third-order valence-electron chi connectivity index (χ3n) is 3.13. The molecule has 5 heteroatoms. The minimum absolute atomic E-state index is 0.128. The molecule has 0 aliphatic heterocycles. The molecule has 1 unspecified atom stereocenters. The predicted molar refractivity (Wildman–Crippen MR) is 64.5 cm³/mol. The normalized spacial score (nSPS) is 13.6. The number of hydrogen-bond acceptors (Lipinski definition) is 3. The van der Waals surface area contributed by atoms with E-state index in [0.717, 1.165) is 19.4 Å². The van der Waals surface area contributed by atoms with Crippen molar-refractivity contribution >= 4 is 5.97 Å². The van der Waals surface area contributed by atoms with Crippen molar-refractivity contribution in [3.8, 4) is 0 Å². The highest BCUT2D eigenvalue weighted by atomic mass is 16.4. The van der Waals surface area contributed by atoms with Crippen LogP contribution in [0.15, 0.2) is 12.7 Å². The maximum atomic E-state index is 10.6. The zero-order valence-electron chi connectivity index (χ0n) is 10.8. The Bertz CT molecular complexity index is 341. The summed E-state index contributed by atoms with van der Waals surface area (Å²) in [5.74, 6) is -0.329. The Morgan fingerprint density at radius 2 is 1.88 bits per heavy atom. The van der Waals surface area contributed by atoms with Crippen LogP contribution < -0.4 is 0 Å². The summed E-state index contributed by atoms with van der Waals surface area (Å²) < 4.78 is 1.93. The number of rotatable bonds is 6. The molecule has 17 heavy (non-hydrogen) atoms. The van der Waals surface area contributed by atoms with Gasteiger partial charge in [-0.05, 0) is 24.2 Å². The third-order valence-corrected chi connectivity index (χ3v) is 3.13. The molecule has 0 amide bonds. The Labute approximate surface area is 102 Å². The molecule has 0 saturated carbocycles. The third kappa shape index (κ3) is 4.97. The first-order valence-corrected chi connectivity index (χ1v) is 5.94. The molecule has 0 fully saturated rings. The number of nitrogens with zero attached hydrogens (tertiary/aromatic N) is 3. The first kappa shape index (κ1) is 13.7. The predicted octanol–water partition coefficient (Wildman–Crippen LogP) is 2.20. The molecule has 0 radical (unpaired) electrons. The van der Waals surface area contributed by atoms with Crippen LogP contribution in [0.1, 0.15) is 40.0 Å². The largest absolute Gasteiger partial charge is 0.481 e. The van der Waals surface area contributed by atoms with Gasteiger partial charge in [-0.3, -0.25) is 4.79 Å². The second-order valence-electron chi connectivity index (χ2n) is 5.48. The quantitative estimate of drug-likeness (QED) is 0.826. The summed E-state index contributed by atoms with van der Waals surface area (Å²) in [5.41, 5.74) is 0.128. The van der Waals surface area contributed by atoms with Gasteiger partial charge in [-0.1, -0.05) is 20.8 Å². The molecule has 0 aliphatic rings. The number of carbonyl (C=O) groups is 1. The lowest BCUT2D eigenvalue weighted by molar-refractivity contribution is -0.137. The summed E-state index contributed by atoms with van der Waals surface area (Å²) in [7, 11) is 0. The summed E-state index contributed by atoms with van der Waals surface area (Å²) in [4.78, 5) is 10.6. The zero-order valence-corrected chi connectivity index (χ0v) is 10.8. The topological polar surface area (TPSA) is 68.0 Å². The molecule has 1 aromatic heterocycles. The highest BCUT2D eigenvalue weighted by molar-refractivity contribution is 5.66. The van der Waals surface area contributed by atoms with E-state index in [1.807, 2.05) is 4.57 Å². The van der Waals surface area contributed by atoms with Crippen LogP contribution in [0.2, 0.25) is 0 Å². The molecule has 0 bridgehead atoms. The van der Waals surface area contributed by atoms with Crippen LogP contribution in [-0.2, 0) is 11.3 Å². The molecule has 1 rings (SSSR count). The second-order valence-corrected chi connectivity index (χ2v) is 5.48. The van der Waals surface area contributed by atoms with Gasteiger partial charge in [-0.25, -0.2) is 0 Å². The Morgan fingerprint density at radius 1 is 1.29 bits per heavy atom. The molecule has 96 valence electrons. The molecule has 0 saturated heterocycles. The Morgan fingerprint density at radius 3 is 2.35 bits per heavy atom. The smallest absolute Gasteiger partial charge is 0.303 e. The van der Waals surface area contributed by atoms with Crippen LogP contribution in [0.5, 0.6) is 0 Å². The number of hydrogen-bond donors (Lipinski definition) is 1. The van der Waals surface area contributed by atoms with Crippen LogP contribution in [-0.4, -0.2) is 25.8 Å². The number of carboxylic acids is 1. The maximum Gasteiger partial charge on any atom is 0.303 e. The van der Waals surface area contributed by atoms with Crippen molar-refractivity contribution in [1.29, 1.82) is 0 Å². The Hall–Kier alpha value is -1.39. The summed E-state index contributed by atoms with van der Waals surface area (Å²) in [6, 6.07) is 0. The van der Waals surface area contributed by atoms with Crippen molar-refractivity contribution in [2.24, 2.45) is 11.3 Å². The van der Waals surface area contributed by atoms with E-state index < -0.39 is 5.97 Å². The van der Waals surface area contributed by atoms with Crippen LogP contribution in [0.25, 0.3) is 0 Å². The van der Waals surface area contributed by atoms with E-state index >= 15 is 0 Å². The SMILES string of the molecule is CC(C)(C)C(CCC(=O)O)CCn1cnnc1. The van der Waals surface area contributed by atoms with Gasteiger partial charge in [-0.2, -0.15) is 0 Å². The summed E-state index contributed by atoms with van der Waals surface area (Å²) >= 11 is 0. The fraction of sp³-hybridized carbons (Fsp3) is 0.750. The fourth-order valence-corrected chi connectivity index (χ4v) is 1.95. The van der Waals surface area contributed by atoms with E-state index in [0.29, 0.717) is 5.92 Å². The Balaban J connectivity index is 2.49. The van der Waals surface area contributed by atoms with Crippen LogP contribution in [0, 0.1) is 11.3 Å². The van der Waals surface area contributed by atoms with Gasteiger partial charge in [0.05, 0.1) is 0 Å². The van der Waals surface area contributed by atoms with Crippen molar-refractivity contribution in [1.82, 2.24) is 14.8 Å². The molecule has 5 nitrogen and oxygen atoms in total.